The zero-order chi connectivity index (χ0) is 35.9. The van der Waals surface area contributed by atoms with Gasteiger partial charge in [-0.1, -0.05) is 83.9 Å². The lowest BCUT2D eigenvalue weighted by atomic mass is 10.0. The molecule has 4 aromatic heterocycles. The number of likely N-dealkylation sites (tertiary alicyclic amines) is 1. The summed E-state index contributed by atoms with van der Waals surface area (Å²) in [7, 11) is 0. The number of aryl methyl sites for hydroxylation is 4. The number of aromatic nitrogens is 4. The van der Waals surface area contributed by atoms with Crippen molar-refractivity contribution < 1.29 is 0 Å². The number of hydrogen-bond donors (Lipinski definition) is 2. The van der Waals surface area contributed by atoms with E-state index in [9.17, 15) is 9.59 Å². The molecule has 0 bridgehead atoms. The molecule has 1 saturated heterocycles. The standard InChI is InChI=1S/C42H42N6O2S2/c1-25-11-15-29(16-12-25)35-27(3)51-41-37(35)39(49)43-33(45-41)23-48(22-32-10-6-5-9-31(32)21-47-19-7-8-20-47)24-34-44-40(50)38-36(28(4)52-42(38)46-34)30-17-13-26(2)14-18-30/h5-6,9-18H,7-8,19-24H2,1-4H3,(H,43,45,49)(H,44,46,50). The van der Waals surface area contributed by atoms with Gasteiger partial charge in [0, 0.05) is 34.0 Å². The molecule has 0 atom stereocenters. The van der Waals surface area contributed by atoms with Crippen molar-refractivity contribution in [3.05, 3.63) is 137 Å². The highest BCUT2D eigenvalue weighted by molar-refractivity contribution is 7.19. The van der Waals surface area contributed by atoms with Crippen molar-refractivity contribution in [3.63, 3.8) is 0 Å². The van der Waals surface area contributed by atoms with Crippen LogP contribution in [0.1, 0.15) is 56.5 Å². The summed E-state index contributed by atoms with van der Waals surface area (Å²) in [6, 6.07) is 25.2. The van der Waals surface area contributed by atoms with Crippen LogP contribution in [0, 0.1) is 27.7 Å². The third-order valence-corrected chi connectivity index (χ3v) is 12.1. The zero-order valence-electron chi connectivity index (χ0n) is 30.0. The van der Waals surface area contributed by atoms with Gasteiger partial charge >= 0.3 is 0 Å². The monoisotopic (exact) mass is 726 g/mol. The Balaban J connectivity index is 1.16. The first kappa shape index (κ1) is 34.4. The summed E-state index contributed by atoms with van der Waals surface area (Å²) in [5.41, 5.74) is 8.50. The predicted molar refractivity (Wildman–Crippen MR) is 214 cm³/mol. The number of fused-ring (bicyclic) bond motifs is 2. The van der Waals surface area contributed by atoms with Crippen LogP contribution in [0.3, 0.4) is 0 Å². The van der Waals surface area contributed by atoms with Gasteiger partial charge in [-0.25, -0.2) is 9.97 Å². The minimum absolute atomic E-state index is 0.139. The van der Waals surface area contributed by atoms with Gasteiger partial charge in [-0.15, -0.1) is 22.7 Å². The average molecular weight is 727 g/mol. The minimum atomic E-state index is -0.139. The van der Waals surface area contributed by atoms with E-state index in [-0.39, 0.29) is 11.1 Å². The predicted octanol–water partition coefficient (Wildman–Crippen LogP) is 8.65. The van der Waals surface area contributed by atoms with Crippen LogP contribution in [0.5, 0.6) is 0 Å². The van der Waals surface area contributed by atoms with Crippen LogP contribution in [0.25, 0.3) is 42.7 Å². The molecule has 8 nitrogen and oxygen atoms in total. The molecule has 0 saturated carbocycles. The number of nitrogens with one attached hydrogen (secondary N) is 2. The van der Waals surface area contributed by atoms with Gasteiger partial charge in [0.25, 0.3) is 11.1 Å². The highest BCUT2D eigenvalue weighted by Crippen LogP contribution is 2.37. The van der Waals surface area contributed by atoms with Crippen molar-refractivity contribution in [1.82, 2.24) is 29.7 Å². The number of nitrogens with zero attached hydrogens (tertiary/aromatic N) is 4. The van der Waals surface area contributed by atoms with Crippen LogP contribution in [0.2, 0.25) is 0 Å². The van der Waals surface area contributed by atoms with E-state index in [2.05, 4.69) is 120 Å². The second-order valence-corrected chi connectivity index (χ2v) is 16.5. The molecule has 0 aliphatic carbocycles. The molecule has 52 heavy (non-hydrogen) atoms. The van der Waals surface area contributed by atoms with Crippen molar-refractivity contribution in [2.45, 2.75) is 66.7 Å². The molecule has 1 fully saturated rings. The normalized spacial score (nSPS) is 13.6. The molecule has 264 valence electrons. The summed E-state index contributed by atoms with van der Waals surface area (Å²) >= 11 is 3.11. The number of aromatic amines is 2. The molecule has 3 aromatic carbocycles. The first-order valence-corrected chi connectivity index (χ1v) is 19.5. The molecule has 0 amide bonds. The Hall–Kier alpha value is -4.74. The molecule has 1 aliphatic heterocycles. The Labute approximate surface area is 310 Å². The molecule has 8 rings (SSSR count). The number of rotatable bonds is 10. The maximum atomic E-state index is 13.8. The summed E-state index contributed by atoms with van der Waals surface area (Å²) < 4.78 is 0. The van der Waals surface area contributed by atoms with Gasteiger partial charge in [0.05, 0.1) is 23.9 Å². The van der Waals surface area contributed by atoms with E-state index >= 15 is 0 Å². The summed E-state index contributed by atoms with van der Waals surface area (Å²) in [6.07, 6.45) is 2.47. The van der Waals surface area contributed by atoms with Gasteiger partial charge in [-0.05, 0) is 75.9 Å². The Morgan fingerprint density at radius 1 is 0.635 bits per heavy atom. The highest BCUT2D eigenvalue weighted by Gasteiger charge is 2.22. The lowest BCUT2D eigenvalue weighted by Crippen LogP contribution is -2.28. The van der Waals surface area contributed by atoms with Crippen molar-refractivity contribution >= 4 is 43.1 Å². The number of thiophene rings is 2. The summed E-state index contributed by atoms with van der Waals surface area (Å²) in [6.45, 7) is 12.7. The maximum Gasteiger partial charge on any atom is 0.260 e. The molecule has 7 aromatic rings. The number of benzene rings is 3. The van der Waals surface area contributed by atoms with E-state index in [0.717, 1.165) is 61.3 Å². The molecular formula is C42H42N6O2S2. The van der Waals surface area contributed by atoms with E-state index < -0.39 is 0 Å². The van der Waals surface area contributed by atoms with E-state index in [0.29, 0.717) is 42.1 Å². The summed E-state index contributed by atoms with van der Waals surface area (Å²) in [5, 5.41) is 1.26. The molecule has 1 aliphatic rings. The smallest absolute Gasteiger partial charge is 0.260 e. The van der Waals surface area contributed by atoms with Crippen molar-refractivity contribution in [1.29, 1.82) is 0 Å². The fourth-order valence-corrected chi connectivity index (χ4v) is 9.62. The van der Waals surface area contributed by atoms with E-state index in [1.807, 2.05) is 0 Å². The Morgan fingerprint density at radius 2 is 1.10 bits per heavy atom. The third-order valence-electron chi connectivity index (χ3n) is 10.1. The van der Waals surface area contributed by atoms with Gasteiger partial charge in [0.2, 0.25) is 0 Å². The van der Waals surface area contributed by atoms with Crippen LogP contribution in [-0.2, 0) is 26.2 Å². The molecule has 2 N–H and O–H groups in total. The second kappa shape index (κ2) is 14.4. The summed E-state index contributed by atoms with van der Waals surface area (Å²) in [4.78, 5) is 52.3. The third kappa shape index (κ3) is 6.91. The molecule has 0 spiro atoms. The maximum absolute atomic E-state index is 13.8. The van der Waals surface area contributed by atoms with Crippen LogP contribution in [-0.4, -0.2) is 42.8 Å². The molecule has 10 heteroatoms. The van der Waals surface area contributed by atoms with Crippen LogP contribution >= 0.6 is 22.7 Å². The van der Waals surface area contributed by atoms with Crippen molar-refractivity contribution in [2.24, 2.45) is 0 Å². The average Bonchev–Trinajstić information content (AvgIpc) is 3.83. The van der Waals surface area contributed by atoms with Crippen LogP contribution in [0.4, 0.5) is 0 Å². The summed E-state index contributed by atoms with van der Waals surface area (Å²) in [5.74, 6) is 1.17. The fourth-order valence-electron chi connectivity index (χ4n) is 7.49. The Morgan fingerprint density at radius 3 is 1.58 bits per heavy atom. The lowest BCUT2D eigenvalue weighted by Gasteiger charge is -2.24. The second-order valence-electron chi connectivity index (χ2n) is 14.1. The van der Waals surface area contributed by atoms with Crippen LogP contribution in [0.15, 0.2) is 82.4 Å². The lowest BCUT2D eigenvalue weighted by molar-refractivity contribution is 0.233. The molecule has 0 radical (unpaired) electrons. The highest BCUT2D eigenvalue weighted by atomic mass is 32.1. The molecule has 0 unspecified atom stereocenters. The van der Waals surface area contributed by atoms with Gasteiger partial charge in [0.1, 0.15) is 21.3 Å². The first-order chi connectivity index (χ1) is 25.2. The molecular weight excluding hydrogens is 685 g/mol. The van der Waals surface area contributed by atoms with E-state index in [4.69, 9.17) is 9.97 Å². The fraction of sp³-hybridized carbons (Fsp3) is 0.286. The minimum Gasteiger partial charge on any atom is -0.309 e. The first-order valence-electron chi connectivity index (χ1n) is 17.9. The van der Waals surface area contributed by atoms with Gasteiger partial charge < -0.3 is 9.97 Å². The van der Waals surface area contributed by atoms with Crippen molar-refractivity contribution in [2.75, 3.05) is 13.1 Å². The Kier molecular flexibility index (Phi) is 9.48. The zero-order valence-corrected chi connectivity index (χ0v) is 31.6. The quantitative estimate of drug-likeness (QED) is 0.147. The number of H-pyrrole nitrogens is 2. The van der Waals surface area contributed by atoms with Gasteiger partial charge in [0.15, 0.2) is 0 Å². The van der Waals surface area contributed by atoms with Gasteiger partial charge in [-0.2, -0.15) is 0 Å². The molecule has 5 heterocycles. The number of hydrogen-bond acceptors (Lipinski definition) is 8. The van der Waals surface area contributed by atoms with E-state index in [1.165, 1.54) is 35.1 Å². The van der Waals surface area contributed by atoms with E-state index in [1.54, 1.807) is 22.7 Å². The Bertz CT molecular complexity index is 2380. The van der Waals surface area contributed by atoms with Crippen LogP contribution < -0.4 is 11.1 Å². The van der Waals surface area contributed by atoms with Gasteiger partial charge in [-0.3, -0.25) is 19.4 Å². The largest absolute Gasteiger partial charge is 0.309 e. The SMILES string of the molecule is Cc1ccc(-c2c(C)sc3nc(CN(Cc4nc5sc(C)c(-c6ccc(C)cc6)c5c(=O)[nH]4)Cc4ccccc4CN4CCCC4)[nH]c(=O)c23)cc1. The van der Waals surface area contributed by atoms with Crippen molar-refractivity contribution in [3.8, 4) is 22.3 Å². The topological polar surface area (TPSA) is 98.0 Å².